The first kappa shape index (κ1) is 16.6. The molecule has 126 valence electrons. The summed E-state index contributed by atoms with van der Waals surface area (Å²) in [7, 11) is 1.84. The summed E-state index contributed by atoms with van der Waals surface area (Å²) in [6.07, 6.45) is 6.13. The smallest absolute Gasteiger partial charge is 0.263 e. The van der Waals surface area contributed by atoms with Crippen LogP contribution in [0.3, 0.4) is 0 Å². The van der Waals surface area contributed by atoms with Crippen molar-refractivity contribution in [3.8, 4) is 0 Å². The van der Waals surface area contributed by atoms with E-state index in [1.165, 1.54) is 11.3 Å². The maximum absolute atomic E-state index is 12.4. The van der Waals surface area contributed by atoms with Crippen LogP contribution in [0, 0.1) is 0 Å². The Morgan fingerprint density at radius 1 is 1.33 bits per heavy atom. The molecule has 1 atom stereocenters. The molecule has 24 heavy (non-hydrogen) atoms. The Balaban J connectivity index is 1.63. The zero-order valence-corrected chi connectivity index (χ0v) is 14.6. The Bertz CT molecular complexity index is 697. The number of nitrogens with zero attached hydrogens (tertiary/aromatic N) is 1. The predicted molar refractivity (Wildman–Crippen MR) is 98.3 cm³/mol. The second-order valence-electron chi connectivity index (χ2n) is 5.88. The average Bonchev–Trinajstić information content (AvgIpc) is 3.16. The molecule has 1 aromatic carbocycles. The first-order valence-corrected chi connectivity index (χ1v) is 9.03. The van der Waals surface area contributed by atoms with Gasteiger partial charge >= 0.3 is 0 Å². The molecule has 0 saturated heterocycles. The van der Waals surface area contributed by atoms with Crippen molar-refractivity contribution in [3.63, 3.8) is 0 Å². The topological polar surface area (TPSA) is 41.6 Å². The zero-order valence-electron chi connectivity index (χ0n) is 13.8. The van der Waals surface area contributed by atoms with Gasteiger partial charge in [-0.15, -0.1) is 11.3 Å². The third-order valence-electron chi connectivity index (χ3n) is 4.05. The lowest BCUT2D eigenvalue weighted by Crippen LogP contribution is -2.27. The fourth-order valence-corrected chi connectivity index (χ4v) is 3.42. The molecule has 1 aliphatic heterocycles. The summed E-state index contributed by atoms with van der Waals surface area (Å²) < 4.78 is 5.60. The molecule has 4 nitrogen and oxygen atoms in total. The molecule has 0 unspecified atom stereocenters. The van der Waals surface area contributed by atoms with Crippen molar-refractivity contribution < 1.29 is 9.53 Å². The number of allylic oxidation sites excluding steroid dienone is 1. The highest BCUT2D eigenvalue weighted by Crippen LogP contribution is 2.20. The number of rotatable bonds is 6. The molecule has 1 amide bonds. The maximum Gasteiger partial charge on any atom is 0.263 e. The number of nitrogens with one attached hydrogen (secondary N) is 1. The van der Waals surface area contributed by atoms with Crippen molar-refractivity contribution in [1.29, 1.82) is 0 Å². The second kappa shape index (κ2) is 8.02. The molecule has 5 heteroatoms. The van der Waals surface area contributed by atoms with E-state index in [0.717, 1.165) is 35.5 Å². The van der Waals surface area contributed by atoms with Crippen LogP contribution < -0.4 is 5.32 Å². The highest BCUT2D eigenvalue weighted by atomic mass is 32.1. The zero-order chi connectivity index (χ0) is 16.8. The first-order valence-electron chi connectivity index (χ1n) is 8.15. The normalized spacial score (nSPS) is 16.5. The number of ether oxygens (including phenoxy) is 1. The van der Waals surface area contributed by atoms with Crippen molar-refractivity contribution in [2.24, 2.45) is 0 Å². The lowest BCUT2D eigenvalue weighted by molar-refractivity contribution is 0.0790. The molecule has 3 rings (SSSR count). The molecular weight excluding hydrogens is 320 g/mol. The standard InChI is InChI=1S/C19H22N2O2S/c1-21(19(22)18-10-6-12-24-18)14-15-7-2-3-9-17(15)20-13-16-8-4-5-11-23-16/h2-3,5-7,9-12,16,20H,4,8,13-14H2,1H3/t16-/m1/s1. The van der Waals surface area contributed by atoms with Gasteiger partial charge in [0, 0.05) is 19.3 Å². The second-order valence-corrected chi connectivity index (χ2v) is 6.83. The molecular formula is C19H22N2O2S. The minimum Gasteiger partial charge on any atom is -0.497 e. The summed E-state index contributed by atoms with van der Waals surface area (Å²) in [6.45, 7) is 1.34. The van der Waals surface area contributed by atoms with Crippen molar-refractivity contribution in [1.82, 2.24) is 4.90 Å². The number of benzene rings is 1. The third kappa shape index (κ3) is 4.17. The number of carbonyl (C=O) groups is 1. The van der Waals surface area contributed by atoms with Crippen LogP contribution in [0.2, 0.25) is 0 Å². The van der Waals surface area contributed by atoms with Crippen LogP contribution in [0.25, 0.3) is 0 Å². The Morgan fingerprint density at radius 3 is 2.96 bits per heavy atom. The van der Waals surface area contributed by atoms with E-state index in [4.69, 9.17) is 4.74 Å². The predicted octanol–water partition coefficient (Wildman–Crippen LogP) is 4.12. The average molecular weight is 342 g/mol. The van der Waals surface area contributed by atoms with Gasteiger partial charge in [-0.2, -0.15) is 0 Å². The van der Waals surface area contributed by atoms with Gasteiger partial charge in [0.2, 0.25) is 0 Å². The number of hydrogen-bond donors (Lipinski definition) is 1. The van der Waals surface area contributed by atoms with Crippen LogP contribution in [-0.2, 0) is 11.3 Å². The van der Waals surface area contributed by atoms with E-state index in [-0.39, 0.29) is 12.0 Å². The van der Waals surface area contributed by atoms with Gasteiger partial charge in [0.15, 0.2) is 0 Å². The molecule has 1 aromatic heterocycles. The highest BCUT2D eigenvalue weighted by Gasteiger charge is 2.15. The number of carbonyl (C=O) groups excluding carboxylic acids is 1. The lowest BCUT2D eigenvalue weighted by Gasteiger charge is -2.23. The van der Waals surface area contributed by atoms with Crippen molar-refractivity contribution in [2.75, 3.05) is 18.9 Å². The minimum absolute atomic E-state index is 0.0561. The Hall–Kier alpha value is -2.27. The molecule has 2 heterocycles. The molecule has 0 spiro atoms. The lowest BCUT2D eigenvalue weighted by atomic mass is 10.1. The minimum atomic E-state index is 0.0561. The van der Waals surface area contributed by atoms with Gasteiger partial charge in [-0.25, -0.2) is 0 Å². The van der Waals surface area contributed by atoms with Crippen LogP contribution in [0.1, 0.15) is 28.1 Å². The largest absolute Gasteiger partial charge is 0.497 e. The monoisotopic (exact) mass is 342 g/mol. The SMILES string of the molecule is CN(Cc1ccccc1NC[C@H]1CCC=CO1)C(=O)c1cccs1. The molecule has 0 aliphatic carbocycles. The summed E-state index contributed by atoms with van der Waals surface area (Å²) in [5.41, 5.74) is 2.16. The Kier molecular flexibility index (Phi) is 5.54. The number of hydrogen-bond acceptors (Lipinski definition) is 4. The summed E-state index contributed by atoms with van der Waals surface area (Å²) >= 11 is 1.47. The third-order valence-corrected chi connectivity index (χ3v) is 4.90. The van der Waals surface area contributed by atoms with Crippen molar-refractivity contribution >= 4 is 22.9 Å². The summed E-state index contributed by atoms with van der Waals surface area (Å²) in [4.78, 5) is 14.9. The van der Waals surface area contributed by atoms with E-state index in [1.54, 1.807) is 11.2 Å². The number of thiophene rings is 1. The van der Waals surface area contributed by atoms with Gasteiger partial charge in [0.1, 0.15) is 6.10 Å². The quantitative estimate of drug-likeness (QED) is 0.858. The van der Waals surface area contributed by atoms with E-state index in [9.17, 15) is 4.79 Å². The van der Waals surface area contributed by atoms with Crippen molar-refractivity contribution in [3.05, 3.63) is 64.6 Å². The number of para-hydroxylation sites is 1. The Morgan fingerprint density at radius 2 is 2.21 bits per heavy atom. The van der Waals surface area contributed by atoms with Crippen LogP contribution in [0.4, 0.5) is 5.69 Å². The first-order chi connectivity index (χ1) is 11.7. The molecule has 0 saturated carbocycles. The Labute approximate surface area is 146 Å². The molecule has 2 aromatic rings. The van der Waals surface area contributed by atoms with Gasteiger partial charge in [-0.3, -0.25) is 4.79 Å². The summed E-state index contributed by atoms with van der Waals surface area (Å²) in [5, 5.41) is 5.39. The van der Waals surface area contributed by atoms with Gasteiger partial charge in [0.05, 0.1) is 17.7 Å². The van der Waals surface area contributed by atoms with Crippen molar-refractivity contribution in [2.45, 2.75) is 25.5 Å². The van der Waals surface area contributed by atoms with E-state index in [2.05, 4.69) is 23.5 Å². The number of amides is 1. The van der Waals surface area contributed by atoms with Crippen LogP contribution in [0.5, 0.6) is 0 Å². The molecule has 0 fully saturated rings. The fraction of sp³-hybridized carbons (Fsp3) is 0.316. The molecule has 1 aliphatic rings. The van der Waals surface area contributed by atoms with Crippen LogP contribution in [-0.4, -0.2) is 30.5 Å². The van der Waals surface area contributed by atoms with Gasteiger partial charge in [0.25, 0.3) is 5.91 Å². The highest BCUT2D eigenvalue weighted by molar-refractivity contribution is 7.12. The summed E-state index contributed by atoms with van der Waals surface area (Å²) in [5.74, 6) is 0.0561. The van der Waals surface area contributed by atoms with Crippen LogP contribution in [0.15, 0.2) is 54.1 Å². The van der Waals surface area contributed by atoms with Crippen LogP contribution >= 0.6 is 11.3 Å². The van der Waals surface area contributed by atoms with Gasteiger partial charge in [-0.05, 0) is 42.0 Å². The van der Waals surface area contributed by atoms with Gasteiger partial charge in [-0.1, -0.05) is 24.3 Å². The fourth-order valence-electron chi connectivity index (χ4n) is 2.71. The van der Waals surface area contributed by atoms with Gasteiger partial charge < -0.3 is 15.0 Å². The van der Waals surface area contributed by atoms with E-state index < -0.39 is 0 Å². The van der Waals surface area contributed by atoms with E-state index in [0.29, 0.717) is 6.54 Å². The molecule has 0 bridgehead atoms. The maximum atomic E-state index is 12.4. The molecule has 1 N–H and O–H groups in total. The summed E-state index contributed by atoms with van der Waals surface area (Å²) in [6, 6.07) is 11.9. The number of anilines is 1. The van der Waals surface area contributed by atoms with E-state index >= 15 is 0 Å². The molecule has 0 radical (unpaired) electrons. The van der Waals surface area contributed by atoms with E-state index in [1.807, 2.05) is 36.7 Å².